The minimum Gasteiger partial charge on any atom is -0.312 e. The van der Waals surface area contributed by atoms with Crippen molar-refractivity contribution in [1.82, 2.24) is 0 Å². The van der Waals surface area contributed by atoms with Gasteiger partial charge in [0.1, 0.15) is 16.9 Å². The zero-order chi connectivity index (χ0) is 18.9. The molecular formula is C21H23FN2OS. The number of fused-ring (bicyclic) bond motifs is 1. The zero-order valence-electron chi connectivity index (χ0n) is 15.4. The molecule has 2 aromatic rings. The standard InChI is InChI=1S/C21H23FN2OS/c1-4-21(2,3)13-9-10-14-16(12-23)20(26-18(14)11-13)24-19(25)15-7-5-6-8-17(15)22/h5-8,13H,4,9-11H2,1-3H3,(H,24,25)/t13-/m0/s1. The van der Waals surface area contributed by atoms with Crippen LogP contribution in [-0.2, 0) is 12.8 Å². The van der Waals surface area contributed by atoms with Gasteiger partial charge in [-0.2, -0.15) is 5.26 Å². The summed E-state index contributed by atoms with van der Waals surface area (Å²) in [5.41, 5.74) is 1.85. The molecule has 0 bridgehead atoms. The summed E-state index contributed by atoms with van der Waals surface area (Å²) in [6, 6.07) is 8.13. The molecule has 0 radical (unpaired) electrons. The highest BCUT2D eigenvalue weighted by Gasteiger charge is 2.34. The number of hydrogen-bond acceptors (Lipinski definition) is 3. The van der Waals surface area contributed by atoms with Crippen LogP contribution in [0.2, 0.25) is 0 Å². The Balaban J connectivity index is 1.88. The maximum Gasteiger partial charge on any atom is 0.259 e. The number of amides is 1. The summed E-state index contributed by atoms with van der Waals surface area (Å²) in [5, 5.41) is 12.9. The van der Waals surface area contributed by atoms with E-state index < -0.39 is 11.7 Å². The Kier molecular flexibility index (Phi) is 5.15. The quantitative estimate of drug-likeness (QED) is 0.767. The molecule has 0 spiro atoms. The van der Waals surface area contributed by atoms with E-state index in [-0.39, 0.29) is 11.0 Å². The van der Waals surface area contributed by atoms with Crippen molar-refractivity contribution >= 4 is 22.2 Å². The number of nitrogens with zero attached hydrogens (tertiary/aromatic N) is 1. The van der Waals surface area contributed by atoms with Gasteiger partial charge in [0.15, 0.2) is 0 Å². The molecule has 1 atom stereocenters. The SMILES string of the molecule is CCC(C)(C)[C@H]1CCc2c(sc(NC(=O)c3ccccc3F)c2C#N)C1. The molecule has 3 nitrogen and oxygen atoms in total. The van der Waals surface area contributed by atoms with Crippen LogP contribution in [0, 0.1) is 28.5 Å². The molecule has 1 aromatic carbocycles. The minimum atomic E-state index is -0.561. The largest absolute Gasteiger partial charge is 0.312 e. The van der Waals surface area contributed by atoms with Crippen molar-refractivity contribution in [2.75, 3.05) is 5.32 Å². The number of halogens is 1. The van der Waals surface area contributed by atoms with E-state index in [2.05, 4.69) is 32.2 Å². The normalized spacial score (nSPS) is 16.7. The van der Waals surface area contributed by atoms with Gasteiger partial charge in [-0.3, -0.25) is 4.79 Å². The second kappa shape index (κ2) is 7.20. The van der Waals surface area contributed by atoms with Gasteiger partial charge >= 0.3 is 0 Å². The average Bonchev–Trinajstić information content (AvgIpc) is 2.97. The predicted octanol–water partition coefficient (Wildman–Crippen LogP) is 5.55. The lowest BCUT2D eigenvalue weighted by molar-refractivity contribution is 0.102. The van der Waals surface area contributed by atoms with Crippen LogP contribution in [-0.4, -0.2) is 5.91 Å². The number of nitriles is 1. The van der Waals surface area contributed by atoms with Crippen molar-refractivity contribution in [1.29, 1.82) is 5.26 Å². The Morgan fingerprint density at radius 2 is 2.15 bits per heavy atom. The molecule has 0 unspecified atom stereocenters. The molecule has 0 aliphatic heterocycles. The van der Waals surface area contributed by atoms with Crippen LogP contribution < -0.4 is 5.32 Å². The van der Waals surface area contributed by atoms with Gasteiger partial charge in [0, 0.05) is 4.88 Å². The molecule has 0 fully saturated rings. The summed E-state index contributed by atoms with van der Waals surface area (Å²) in [7, 11) is 0. The Labute approximate surface area is 157 Å². The van der Waals surface area contributed by atoms with Crippen LogP contribution in [0.25, 0.3) is 0 Å². The Bertz CT molecular complexity index is 879. The van der Waals surface area contributed by atoms with Crippen LogP contribution in [0.15, 0.2) is 24.3 Å². The number of nitrogens with one attached hydrogen (secondary N) is 1. The number of hydrogen-bond donors (Lipinski definition) is 1. The van der Waals surface area contributed by atoms with Crippen LogP contribution in [0.5, 0.6) is 0 Å². The monoisotopic (exact) mass is 370 g/mol. The number of anilines is 1. The second-order valence-corrected chi connectivity index (χ2v) is 8.64. The molecule has 1 aromatic heterocycles. The molecular weight excluding hydrogens is 347 g/mol. The van der Waals surface area contributed by atoms with Gasteiger partial charge in [0.2, 0.25) is 0 Å². The number of rotatable bonds is 4. The van der Waals surface area contributed by atoms with E-state index in [4.69, 9.17) is 0 Å². The smallest absolute Gasteiger partial charge is 0.259 e. The van der Waals surface area contributed by atoms with E-state index in [1.165, 1.54) is 28.3 Å². The number of carbonyl (C=O) groups is 1. The maximum absolute atomic E-state index is 13.9. The van der Waals surface area contributed by atoms with Crippen LogP contribution in [0.3, 0.4) is 0 Å². The third-order valence-electron chi connectivity index (χ3n) is 5.74. The second-order valence-electron chi connectivity index (χ2n) is 7.54. The highest BCUT2D eigenvalue weighted by molar-refractivity contribution is 7.16. The summed E-state index contributed by atoms with van der Waals surface area (Å²) in [4.78, 5) is 13.6. The van der Waals surface area contributed by atoms with E-state index in [9.17, 15) is 14.4 Å². The van der Waals surface area contributed by atoms with Gasteiger partial charge in [0.25, 0.3) is 5.91 Å². The molecule has 136 valence electrons. The van der Waals surface area contributed by atoms with Crippen LogP contribution in [0.1, 0.15) is 60.0 Å². The summed E-state index contributed by atoms with van der Waals surface area (Å²) in [6.07, 6.45) is 3.96. The third-order valence-corrected chi connectivity index (χ3v) is 6.91. The van der Waals surface area contributed by atoms with Gasteiger partial charge in [0.05, 0.1) is 11.1 Å². The lowest BCUT2D eigenvalue weighted by atomic mass is 9.69. The van der Waals surface area contributed by atoms with E-state index in [0.717, 1.165) is 31.2 Å². The Hall–Kier alpha value is -2.19. The summed E-state index contributed by atoms with van der Waals surface area (Å²) in [6.45, 7) is 6.80. The highest BCUT2D eigenvalue weighted by atomic mass is 32.1. The first-order valence-electron chi connectivity index (χ1n) is 8.98. The first-order chi connectivity index (χ1) is 12.4. The highest BCUT2D eigenvalue weighted by Crippen LogP contribution is 2.45. The Morgan fingerprint density at radius 3 is 2.81 bits per heavy atom. The van der Waals surface area contributed by atoms with Crippen LogP contribution in [0.4, 0.5) is 9.39 Å². The minimum absolute atomic E-state index is 0.00671. The molecule has 1 amide bonds. The fourth-order valence-electron chi connectivity index (χ4n) is 3.56. The average molecular weight is 370 g/mol. The van der Waals surface area contributed by atoms with Crippen molar-refractivity contribution in [3.8, 4) is 6.07 Å². The number of benzene rings is 1. The van der Waals surface area contributed by atoms with Crippen molar-refractivity contribution in [3.63, 3.8) is 0 Å². The van der Waals surface area contributed by atoms with Gasteiger partial charge in [-0.1, -0.05) is 39.3 Å². The van der Waals surface area contributed by atoms with E-state index in [1.807, 2.05) is 0 Å². The molecule has 3 rings (SSSR count). The number of carbonyl (C=O) groups excluding carboxylic acids is 1. The topological polar surface area (TPSA) is 52.9 Å². The lowest BCUT2D eigenvalue weighted by Gasteiger charge is -2.36. The number of thiophene rings is 1. The van der Waals surface area contributed by atoms with Crippen molar-refractivity contribution < 1.29 is 9.18 Å². The molecule has 1 N–H and O–H groups in total. The molecule has 1 heterocycles. The molecule has 0 saturated carbocycles. The summed E-state index contributed by atoms with van der Waals surface area (Å²) < 4.78 is 13.9. The fraction of sp³-hybridized carbons (Fsp3) is 0.429. The van der Waals surface area contributed by atoms with Gasteiger partial charge in [-0.05, 0) is 48.3 Å². The first-order valence-corrected chi connectivity index (χ1v) is 9.79. The Morgan fingerprint density at radius 1 is 1.42 bits per heavy atom. The first kappa shape index (κ1) is 18.6. The van der Waals surface area contributed by atoms with Crippen molar-refractivity contribution in [2.24, 2.45) is 11.3 Å². The van der Waals surface area contributed by atoms with E-state index in [1.54, 1.807) is 12.1 Å². The van der Waals surface area contributed by atoms with Crippen molar-refractivity contribution in [3.05, 3.63) is 51.7 Å². The molecule has 1 aliphatic rings. The predicted molar refractivity (Wildman–Crippen MR) is 103 cm³/mol. The van der Waals surface area contributed by atoms with Gasteiger partial charge < -0.3 is 5.32 Å². The molecule has 5 heteroatoms. The third kappa shape index (κ3) is 3.39. The molecule has 0 saturated heterocycles. The van der Waals surface area contributed by atoms with Crippen LogP contribution >= 0.6 is 11.3 Å². The van der Waals surface area contributed by atoms with E-state index >= 15 is 0 Å². The maximum atomic E-state index is 13.9. The van der Waals surface area contributed by atoms with Crippen molar-refractivity contribution in [2.45, 2.75) is 46.5 Å². The summed E-state index contributed by atoms with van der Waals surface area (Å²) >= 11 is 1.47. The van der Waals surface area contributed by atoms with Gasteiger partial charge in [-0.15, -0.1) is 11.3 Å². The van der Waals surface area contributed by atoms with Gasteiger partial charge in [-0.25, -0.2) is 4.39 Å². The lowest BCUT2D eigenvalue weighted by Crippen LogP contribution is -2.28. The summed E-state index contributed by atoms with van der Waals surface area (Å²) in [5.74, 6) is -0.501. The van der Waals surface area contributed by atoms with E-state index in [0.29, 0.717) is 16.5 Å². The fourth-order valence-corrected chi connectivity index (χ4v) is 4.84. The molecule has 1 aliphatic carbocycles. The molecule has 26 heavy (non-hydrogen) atoms. The zero-order valence-corrected chi connectivity index (χ0v) is 16.2.